The van der Waals surface area contributed by atoms with E-state index in [4.69, 9.17) is 23.2 Å². The van der Waals surface area contributed by atoms with Gasteiger partial charge in [-0.15, -0.1) is 0 Å². The average molecular weight is 335 g/mol. The van der Waals surface area contributed by atoms with E-state index < -0.39 is 0 Å². The first-order chi connectivity index (χ1) is 10.6. The number of hydrogen-bond acceptors (Lipinski definition) is 2. The summed E-state index contributed by atoms with van der Waals surface area (Å²) >= 11 is 12.4. The van der Waals surface area contributed by atoms with Gasteiger partial charge in [-0.3, -0.25) is 4.90 Å². The van der Waals surface area contributed by atoms with Gasteiger partial charge in [0, 0.05) is 22.8 Å². The van der Waals surface area contributed by atoms with Crippen molar-refractivity contribution in [2.24, 2.45) is 0 Å². The predicted molar refractivity (Wildman–Crippen MR) is 93.5 cm³/mol. The third-order valence-electron chi connectivity index (χ3n) is 4.42. The largest absolute Gasteiger partial charge is 0.297 e. The summed E-state index contributed by atoms with van der Waals surface area (Å²) in [5.74, 6) is 0. The molecule has 0 radical (unpaired) electrons. The van der Waals surface area contributed by atoms with E-state index in [9.17, 15) is 0 Å². The van der Waals surface area contributed by atoms with Crippen molar-refractivity contribution in [3.63, 3.8) is 0 Å². The van der Waals surface area contributed by atoms with Gasteiger partial charge in [0.2, 0.25) is 0 Å². The second-order valence-electron chi connectivity index (χ2n) is 5.89. The van der Waals surface area contributed by atoms with E-state index >= 15 is 0 Å². The lowest BCUT2D eigenvalue weighted by atomic mass is 10.0. The molecule has 4 heteroatoms. The number of aromatic nitrogens is 1. The highest BCUT2D eigenvalue weighted by atomic mass is 35.5. The number of piperidine rings is 1. The van der Waals surface area contributed by atoms with Gasteiger partial charge in [0.1, 0.15) is 5.15 Å². The topological polar surface area (TPSA) is 16.1 Å². The normalized spacial score (nSPS) is 17.4. The van der Waals surface area contributed by atoms with Crippen LogP contribution in [0.2, 0.25) is 10.2 Å². The zero-order valence-electron chi connectivity index (χ0n) is 12.7. The smallest absolute Gasteiger partial charge is 0.136 e. The molecule has 0 saturated carbocycles. The molecule has 0 spiro atoms. The van der Waals surface area contributed by atoms with Crippen LogP contribution in [0.5, 0.6) is 0 Å². The first-order valence-corrected chi connectivity index (χ1v) is 8.56. The third kappa shape index (κ3) is 3.45. The Kier molecular flexibility index (Phi) is 5.02. The summed E-state index contributed by atoms with van der Waals surface area (Å²) in [6, 6.07) is 10.3. The van der Waals surface area contributed by atoms with Crippen molar-refractivity contribution in [1.29, 1.82) is 0 Å². The van der Waals surface area contributed by atoms with E-state index in [1.54, 1.807) is 0 Å². The number of halogens is 2. The van der Waals surface area contributed by atoms with Crippen molar-refractivity contribution in [2.75, 3.05) is 13.1 Å². The zero-order chi connectivity index (χ0) is 15.5. The molecule has 0 aliphatic carbocycles. The fourth-order valence-corrected chi connectivity index (χ4v) is 3.47. The second-order valence-corrected chi connectivity index (χ2v) is 6.68. The van der Waals surface area contributed by atoms with Crippen LogP contribution in [0.25, 0.3) is 11.1 Å². The number of benzene rings is 1. The van der Waals surface area contributed by atoms with Gasteiger partial charge in [-0.1, -0.05) is 41.8 Å². The van der Waals surface area contributed by atoms with Crippen LogP contribution in [0.3, 0.4) is 0 Å². The molecule has 22 heavy (non-hydrogen) atoms. The molecule has 0 N–H and O–H groups in total. The number of likely N-dealkylation sites (tertiary alicyclic amines) is 1. The standard InChI is InChI=1S/C18H20Cl2N2/c1-13(22-8-3-2-4-9-22)15-11-17(18(20)21-12-15)14-6-5-7-16(19)10-14/h5-7,10-13H,2-4,8-9H2,1H3. The Hall–Kier alpha value is -1.09. The van der Waals surface area contributed by atoms with Crippen molar-refractivity contribution in [3.05, 3.63) is 52.3 Å². The molecule has 2 heterocycles. The minimum atomic E-state index is 0.364. The lowest BCUT2D eigenvalue weighted by molar-refractivity contribution is 0.174. The Balaban J connectivity index is 1.92. The van der Waals surface area contributed by atoms with Crippen LogP contribution in [0.4, 0.5) is 0 Å². The maximum atomic E-state index is 6.31. The minimum Gasteiger partial charge on any atom is -0.297 e. The molecular weight excluding hydrogens is 315 g/mol. The number of rotatable bonds is 3. The summed E-state index contributed by atoms with van der Waals surface area (Å²) in [6.45, 7) is 4.57. The molecule has 0 bridgehead atoms. The van der Waals surface area contributed by atoms with Crippen LogP contribution in [0, 0.1) is 0 Å². The molecule has 1 aromatic heterocycles. The molecule has 1 aromatic carbocycles. The summed E-state index contributed by atoms with van der Waals surface area (Å²) in [5, 5.41) is 1.24. The zero-order valence-corrected chi connectivity index (χ0v) is 14.2. The van der Waals surface area contributed by atoms with E-state index in [0.29, 0.717) is 16.2 Å². The molecule has 2 nitrogen and oxygen atoms in total. The van der Waals surface area contributed by atoms with Crippen LogP contribution in [-0.2, 0) is 0 Å². The SMILES string of the molecule is CC(c1cnc(Cl)c(-c2cccc(Cl)c2)c1)N1CCCCC1. The summed E-state index contributed by atoms with van der Waals surface area (Å²) in [5.41, 5.74) is 3.17. The Labute approximate surface area is 142 Å². The minimum absolute atomic E-state index is 0.364. The van der Waals surface area contributed by atoms with Gasteiger partial charge < -0.3 is 0 Å². The molecule has 0 amide bonds. The highest BCUT2D eigenvalue weighted by molar-refractivity contribution is 6.32. The highest BCUT2D eigenvalue weighted by Crippen LogP contribution is 2.32. The van der Waals surface area contributed by atoms with Crippen LogP contribution < -0.4 is 0 Å². The van der Waals surface area contributed by atoms with Crippen molar-refractivity contribution < 1.29 is 0 Å². The quantitative estimate of drug-likeness (QED) is 0.679. The maximum Gasteiger partial charge on any atom is 0.136 e. The average Bonchev–Trinajstić information content (AvgIpc) is 2.55. The molecule has 2 aromatic rings. The molecule has 116 valence electrons. The molecule has 1 aliphatic rings. The maximum absolute atomic E-state index is 6.31. The third-order valence-corrected chi connectivity index (χ3v) is 4.95. The molecule has 1 fully saturated rings. The van der Waals surface area contributed by atoms with Gasteiger partial charge in [-0.05, 0) is 62.2 Å². The Morgan fingerprint density at radius 1 is 1.09 bits per heavy atom. The number of hydrogen-bond donors (Lipinski definition) is 0. The monoisotopic (exact) mass is 334 g/mol. The van der Waals surface area contributed by atoms with Gasteiger partial charge in [-0.2, -0.15) is 0 Å². The van der Waals surface area contributed by atoms with Gasteiger partial charge >= 0.3 is 0 Å². The Morgan fingerprint density at radius 2 is 1.86 bits per heavy atom. The van der Waals surface area contributed by atoms with E-state index in [1.165, 1.54) is 24.8 Å². The van der Waals surface area contributed by atoms with Gasteiger partial charge in [0.15, 0.2) is 0 Å². The Morgan fingerprint density at radius 3 is 2.59 bits per heavy atom. The van der Waals surface area contributed by atoms with Crippen molar-refractivity contribution >= 4 is 23.2 Å². The molecule has 3 rings (SSSR count). The molecular formula is C18H20Cl2N2. The highest BCUT2D eigenvalue weighted by Gasteiger charge is 2.19. The van der Waals surface area contributed by atoms with Gasteiger partial charge in [0.25, 0.3) is 0 Å². The van der Waals surface area contributed by atoms with E-state index in [2.05, 4.69) is 22.9 Å². The predicted octanol–water partition coefficient (Wildman–Crippen LogP) is 5.60. The second kappa shape index (κ2) is 6.99. The lowest BCUT2D eigenvalue weighted by Gasteiger charge is -2.32. The lowest BCUT2D eigenvalue weighted by Crippen LogP contribution is -2.32. The van der Waals surface area contributed by atoms with Crippen LogP contribution in [-0.4, -0.2) is 23.0 Å². The van der Waals surface area contributed by atoms with Gasteiger partial charge in [-0.25, -0.2) is 4.98 Å². The Bertz CT molecular complexity index is 651. The van der Waals surface area contributed by atoms with Gasteiger partial charge in [0.05, 0.1) is 0 Å². The van der Waals surface area contributed by atoms with Crippen LogP contribution in [0.15, 0.2) is 36.5 Å². The van der Waals surface area contributed by atoms with Crippen LogP contribution >= 0.6 is 23.2 Å². The molecule has 1 unspecified atom stereocenters. The molecule has 1 saturated heterocycles. The van der Waals surface area contributed by atoms with E-state index in [-0.39, 0.29) is 0 Å². The number of pyridine rings is 1. The summed E-state index contributed by atoms with van der Waals surface area (Å²) in [4.78, 5) is 6.92. The fraction of sp³-hybridized carbons (Fsp3) is 0.389. The molecule has 1 atom stereocenters. The summed E-state index contributed by atoms with van der Waals surface area (Å²) in [7, 11) is 0. The first kappa shape index (κ1) is 15.8. The van der Waals surface area contributed by atoms with Crippen LogP contribution in [0.1, 0.15) is 37.8 Å². The summed E-state index contributed by atoms with van der Waals surface area (Å²) < 4.78 is 0. The van der Waals surface area contributed by atoms with E-state index in [0.717, 1.165) is 24.2 Å². The number of nitrogens with zero attached hydrogens (tertiary/aromatic N) is 2. The first-order valence-electron chi connectivity index (χ1n) is 7.80. The summed E-state index contributed by atoms with van der Waals surface area (Å²) in [6.07, 6.45) is 5.81. The fourth-order valence-electron chi connectivity index (χ4n) is 3.07. The van der Waals surface area contributed by atoms with E-state index in [1.807, 2.05) is 30.5 Å². The van der Waals surface area contributed by atoms with Crippen molar-refractivity contribution in [3.8, 4) is 11.1 Å². The molecule has 1 aliphatic heterocycles. The van der Waals surface area contributed by atoms with Crippen molar-refractivity contribution in [1.82, 2.24) is 9.88 Å². The van der Waals surface area contributed by atoms with Crippen molar-refractivity contribution in [2.45, 2.75) is 32.2 Å².